The Hall–Kier alpha value is -2.41. The Balaban J connectivity index is 2.73. The van der Waals surface area contributed by atoms with Gasteiger partial charge < -0.3 is 15.5 Å². The third kappa shape index (κ3) is 5.96. The van der Waals surface area contributed by atoms with Gasteiger partial charge in [-0.1, -0.05) is 0 Å². The summed E-state index contributed by atoms with van der Waals surface area (Å²) in [6.07, 6.45) is 6.69. The maximum Gasteiger partial charge on any atom is 0.134 e. The van der Waals surface area contributed by atoms with Crippen LogP contribution in [-0.4, -0.2) is 30.4 Å². The van der Waals surface area contributed by atoms with E-state index in [9.17, 15) is 0 Å². The fourth-order valence-corrected chi connectivity index (χ4v) is 1.39. The molecule has 0 aliphatic rings. The Kier molecular flexibility index (Phi) is 6.77. The highest BCUT2D eigenvalue weighted by Crippen LogP contribution is 2.10. The van der Waals surface area contributed by atoms with Crippen molar-refractivity contribution in [1.29, 1.82) is 0 Å². The summed E-state index contributed by atoms with van der Waals surface area (Å²) >= 11 is 0. The lowest BCUT2D eigenvalue weighted by atomic mass is 10.3. The van der Waals surface area contributed by atoms with Crippen molar-refractivity contribution in [3.63, 3.8) is 0 Å². The van der Waals surface area contributed by atoms with Gasteiger partial charge in [0.25, 0.3) is 0 Å². The molecular formula is C13H20N6O. The number of aromatic nitrogens is 2. The predicted molar refractivity (Wildman–Crippen MR) is 80.8 cm³/mol. The zero-order valence-corrected chi connectivity index (χ0v) is 12.1. The third-order valence-corrected chi connectivity index (χ3v) is 2.13. The first-order valence-electron chi connectivity index (χ1n) is 6.10. The normalized spacial score (nSPS) is 12.6. The lowest BCUT2D eigenvalue weighted by Gasteiger charge is -2.06. The Morgan fingerprint density at radius 3 is 2.85 bits per heavy atom. The molecule has 108 valence electrons. The maximum atomic E-state index is 5.13. The van der Waals surface area contributed by atoms with E-state index in [-0.39, 0.29) is 0 Å². The van der Waals surface area contributed by atoms with Crippen molar-refractivity contribution in [3.8, 4) is 0 Å². The van der Waals surface area contributed by atoms with Crippen LogP contribution in [0.3, 0.4) is 0 Å². The highest BCUT2D eigenvalue weighted by atomic mass is 16.6. The van der Waals surface area contributed by atoms with E-state index < -0.39 is 0 Å². The second kappa shape index (κ2) is 8.65. The van der Waals surface area contributed by atoms with Crippen LogP contribution in [0.2, 0.25) is 0 Å². The van der Waals surface area contributed by atoms with E-state index in [2.05, 4.69) is 31.1 Å². The van der Waals surface area contributed by atoms with E-state index >= 15 is 0 Å². The Bertz CT molecular complexity index is 509. The van der Waals surface area contributed by atoms with Gasteiger partial charge in [-0.15, -0.1) is 0 Å². The van der Waals surface area contributed by atoms with E-state index in [1.807, 2.05) is 26.0 Å². The topological polar surface area (TPSA) is 83.5 Å². The minimum atomic E-state index is 0.701. The summed E-state index contributed by atoms with van der Waals surface area (Å²) in [5, 5.41) is 6.07. The largest absolute Gasteiger partial charge is 0.414 e. The van der Waals surface area contributed by atoms with Crippen LogP contribution < -0.4 is 16.1 Å². The molecule has 1 aromatic heterocycles. The molecule has 0 atom stereocenters. The van der Waals surface area contributed by atoms with Crippen LogP contribution in [0, 0.1) is 0 Å². The average Bonchev–Trinajstić information content (AvgIpc) is 2.39. The standard InChI is InChI=1S/C13H20N6O/c1-10(7-16-8-14-3)19-13-6-12(17-9-18-13)5-11(2)20-15-4/h5-9,15H,1-4H3,(H,14,16)(H,17,18,19)/b10-7+,11-5+. The van der Waals surface area contributed by atoms with Crippen molar-refractivity contribution in [2.45, 2.75) is 13.8 Å². The SMILES string of the molecule is CN=CN/C=C(\C)Nc1cc(/C=C(\C)ONC)ncn1. The molecule has 0 bridgehead atoms. The lowest BCUT2D eigenvalue weighted by Crippen LogP contribution is -2.07. The summed E-state index contributed by atoms with van der Waals surface area (Å²) in [6, 6.07) is 1.83. The van der Waals surface area contributed by atoms with E-state index in [4.69, 9.17) is 4.84 Å². The van der Waals surface area contributed by atoms with Crippen molar-refractivity contribution in [3.05, 3.63) is 35.7 Å². The molecule has 0 amide bonds. The van der Waals surface area contributed by atoms with Crippen LogP contribution in [-0.2, 0) is 4.84 Å². The first kappa shape index (κ1) is 15.6. The molecule has 0 aliphatic carbocycles. The first-order chi connectivity index (χ1) is 9.65. The van der Waals surface area contributed by atoms with Crippen LogP contribution in [0.4, 0.5) is 5.82 Å². The van der Waals surface area contributed by atoms with Crippen LogP contribution in [0.15, 0.2) is 35.0 Å². The molecule has 0 radical (unpaired) electrons. The maximum absolute atomic E-state index is 5.13. The van der Waals surface area contributed by atoms with Gasteiger partial charge in [0, 0.05) is 38.1 Å². The van der Waals surface area contributed by atoms with Crippen molar-refractivity contribution < 1.29 is 4.84 Å². The molecule has 0 aromatic carbocycles. The number of rotatable bonds is 7. The molecule has 0 saturated heterocycles. The molecule has 1 heterocycles. The zero-order chi connectivity index (χ0) is 14.8. The smallest absolute Gasteiger partial charge is 0.134 e. The summed E-state index contributed by atoms with van der Waals surface area (Å²) in [7, 11) is 3.40. The summed E-state index contributed by atoms with van der Waals surface area (Å²) in [6.45, 7) is 3.76. The van der Waals surface area contributed by atoms with Gasteiger partial charge in [-0.25, -0.2) is 9.97 Å². The number of allylic oxidation sites excluding steroid dienone is 2. The van der Waals surface area contributed by atoms with Crippen molar-refractivity contribution in [1.82, 2.24) is 20.8 Å². The van der Waals surface area contributed by atoms with Gasteiger partial charge in [-0.3, -0.25) is 4.99 Å². The quantitative estimate of drug-likeness (QED) is 0.303. The van der Waals surface area contributed by atoms with Crippen molar-refractivity contribution >= 4 is 18.2 Å². The van der Waals surface area contributed by atoms with Gasteiger partial charge >= 0.3 is 0 Å². The van der Waals surface area contributed by atoms with Gasteiger partial charge in [0.2, 0.25) is 0 Å². The highest BCUT2D eigenvalue weighted by Gasteiger charge is 1.98. The van der Waals surface area contributed by atoms with Crippen LogP contribution in [0.5, 0.6) is 0 Å². The molecule has 7 heteroatoms. The number of nitrogens with one attached hydrogen (secondary N) is 3. The van der Waals surface area contributed by atoms with Crippen LogP contribution in [0.25, 0.3) is 6.08 Å². The van der Waals surface area contributed by atoms with Gasteiger partial charge in [-0.2, -0.15) is 5.48 Å². The fraction of sp³-hybridized carbons (Fsp3) is 0.308. The molecule has 0 saturated carbocycles. The van der Waals surface area contributed by atoms with Crippen LogP contribution in [0.1, 0.15) is 19.5 Å². The zero-order valence-electron chi connectivity index (χ0n) is 12.1. The molecule has 1 rings (SSSR count). The van der Waals surface area contributed by atoms with E-state index in [0.717, 1.165) is 11.4 Å². The Labute approximate surface area is 118 Å². The molecule has 1 aromatic rings. The van der Waals surface area contributed by atoms with E-state index in [1.165, 1.54) is 6.33 Å². The molecule has 7 nitrogen and oxygen atoms in total. The predicted octanol–water partition coefficient (Wildman–Crippen LogP) is 1.51. The number of nitrogens with zero attached hydrogens (tertiary/aromatic N) is 3. The van der Waals surface area contributed by atoms with Gasteiger partial charge in [0.1, 0.15) is 17.9 Å². The molecule has 20 heavy (non-hydrogen) atoms. The van der Waals surface area contributed by atoms with Crippen LogP contribution >= 0.6 is 0 Å². The van der Waals surface area contributed by atoms with Crippen molar-refractivity contribution in [2.75, 3.05) is 19.4 Å². The molecule has 0 aliphatic heterocycles. The summed E-state index contributed by atoms with van der Waals surface area (Å²) in [5.41, 5.74) is 4.27. The molecule has 0 spiro atoms. The number of hydroxylamine groups is 1. The first-order valence-corrected chi connectivity index (χ1v) is 6.10. The van der Waals surface area contributed by atoms with E-state index in [0.29, 0.717) is 11.6 Å². The average molecular weight is 276 g/mol. The molecule has 0 unspecified atom stereocenters. The summed E-state index contributed by atoms with van der Waals surface area (Å²) in [5.74, 6) is 1.41. The lowest BCUT2D eigenvalue weighted by molar-refractivity contribution is 0.131. The minimum absolute atomic E-state index is 0.701. The molecular weight excluding hydrogens is 256 g/mol. The van der Waals surface area contributed by atoms with Gasteiger partial charge in [0.05, 0.1) is 12.0 Å². The monoisotopic (exact) mass is 276 g/mol. The number of hydrogen-bond donors (Lipinski definition) is 3. The third-order valence-electron chi connectivity index (χ3n) is 2.13. The fourth-order valence-electron chi connectivity index (χ4n) is 1.39. The Morgan fingerprint density at radius 2 is 2.15 bits per heavy atom. The number of aliphatic imine (C=N–C) groups is 1. The summed E-state index contributed by atoms with van der Waals surface area (Å²) in [4.78, 5) is 17.2. The number of hydrogen-bond acceptors (Lipinski definition) is 6. The highest BCUT2D eigenvalue weighted by molar-refractivity contribution is 5.56. The minimum Gasteiger partial charge on any atom is -0.414 e. The van der Waals surface area contributed by atoms with Crippen molar-refractivity contribution in [2.24, 2.45) is 4.99 Å². The Morgan fingerprint density at radius 1 is 1.35 bits per heavy atom. The molecule has 3 N–H and O–H groups in total. The number of anilines is 1. The van der Waals surface area contributed by atoms with Gasteiger partial charge in [-0.05, 0) is 13.8 Å². The second-order valence-electron chi connectivity index (χ2n) is 3.90. The second-order valence-corrected chi connectivity index (χ2v) is 3.90. The summed E-state index contributed by atoms with van der Waals surface area (Å²) < 4.78 is 0. The van der Waals surface area contributed by atoms with Gasteiger partial charge in [0.15, 0.2) is 0 Å². The van der Waals surface area contributed by atoms with E-state index in [1.54, 1.807) is 26.6 Å². The molecule has 0 fully saturated rings.